The first-order valence-electron chi connectivity index (χ1n) is 6.18. The third-order valence-corrected chi connectivity index (χ3v) is 3.55. The highest BCUT2D eigenvalue weighted by Crippen LogP contribution is 2.28. The zero-order chi connectivity index (χ0) is 15.6. The molecule has 0 amide bonds. The summed E-state index contributed by atoms with van der Waals surface area (Å²) < 4.78 is 53.3. The fourth-order valence-corrected chi connectivity index (χ4v) is 2.38. The van der Waals surface area contributed by atoms with Crippen molar-refractivity contribution in [2.24, 2.45) is 0 Å². The topological polar surface area (TPSA) is 12.0 Å². The zero-order valence-corrected chi connectivity index (χ0v) is 11.8. The van der Waals surface area contributed by atoms with Crippen LogP contribution in [0.2, 0.25) is 5.02 Å². The molecule has 0 saturated heterocycles. The molecule has 0 radical (unpaired) electrons. The van der Waals surface area contributed by atoms with Crippen molar-refractivity contribution in [1.82, 2.24) is 5.32 Å². The van der Waals surface area contributed by atoms with Gasteiger partial charge in [0.15, 0.2) is 23.3 Å². The van der Waals surface area contributed by atoms with Gasteiger partial charge in [-0.25, -0.2) is 17.6 Å². The third kappa shape index (κ3) is 3.36. The molecule has 0 aliphatic rings. The quantitative estimate of drug-likeness (QED) is 0.651. The number of halogens is 5. The van der Waals surface area contributed by atoms with Crippen LogP contribution in [0.15, 0.2) is 30.3 Å². The van der Waals surface area contributed by atoms with Crippen molar-refractivity contribution >= 4 is 11.6 Å². The number of likely N-dealkylation sites (N-methyl/N-ethyl adjacent to an activating group) is 1. The van der Waals surface area contributed by atoms with E-state index in [1.165, 1.54) is 12.1 Å². The number of hydrogen-bond donors (Lipinski definition) is 1. The molecule has 2 rings (SSSR count). The molecular formula is C15H12ClF4N. The minimum Gasteiger partial charge on any atom is -0.313 e. The van der Waals surface area contributed by atoms with Crippen molar-refractivity contribution < 1.29 is 17.6 Å². The maximum Gasteiger partial charge on any atom is 0.162 e. The second-order valence-corrected chi connectivity index (χ2v) is 4.95. The van der Waals surface area contributed by atoms with E-state index in [4.69, 9.17) is 11.6 Å². The van der Waals surface area contributed by atoms with Gasteiger partial charge in [-0.3, -0.25) is 0 Å². The van der Waals surface area contributed by atoms with Gasteiger partial charge in [0.25, 0.3) is 0 Å². The van der Waals surface area contributed by atoms with Crippen LogP contribution < -0.4 is 5.32 Å². The summed E-state index contributed by atoms with van der Waals surface area (Å²) in [7, 11) is 1.57. The van der Waals surface area contributed by atoms with Crippen LogP contribution in [0.1, 0.15) is 17.2 Å². The fraction of sp³-hybridized carbons (Fsp3) is 0.200. The summed E-state index contributed by atoms with van der Waals surface area (Å²) in [6.07, 6.45) is 0.0465. The van der Waals surface area contributed by atoms with Crippen LogP contribution in [0, 0.1) is 23.3 Å². The average molecular weight is 318 g/mol. The highest BCUT2D eigenvalue weighted by molar-refractivity contribution is 6.31. The maximum atomic E-state index is 13.7. The van der Waals surface area contributed by atoms with Gasteiger partial charge in [-0.05, 0) is 42.8 Å². The minimum atomic E-state index is -1.06. The van der Waals surface area contributed by atoms with E-state index in [9.17, 15) is 17.6 Å². The van der Waals surface area contributed by atoms with Gasteiger partial charge in [0.2, 0.25) is 0 Å². The zero-order valence-electron chi connectivity index (χ0n) is 11.1. The number of hydrogen-bond acceptors (Lipinski definition) is 1. The average Bonchev–Trinajstić information content (AvgIpc) is 2.45. The predicted octanol–water partition coefficient (Wildman–Crippen LogP) is 4.40. The lowest BCUT2D eigenvalue weighted by Crippen LogP contribution is -2.20. The second kappa shape index (κ2) is 6.45. The molecule has 1 unspecified atom stereocenters. The third-order valence-electron chi connectivity index (χ3n) is 3.22. The lowest BCUT2D eigenvalue weighted by Gasteiger charge is -2.19. The summed E-state index contributed by atoms with van der Waals surface area (Å²) in [6.45, 7) is 0. The van der Waals surface area contributed by atoms with Gasteiger partial charge in [0.05, 0.1) is 0 Å². The molecule has 0 aromatic heterocycles. The van der Waals surface area contributed by atoms with Gasteiger partial charge in [0.1, 0.15) is 0 Å². The van der Waals surface area contributed by atoms with E-state index in [-0.39, 0.29) is 22.6 Å². The van der Waals surface area contributed by atoms with Crippen molar-refractivity contribution in [1.29, 1.82) is 0 Å². The van der Waals surface area contributed by atoms with E-state index in [1.807, 2.05) is 0 Å². The number of benzene rings is 2. The summed E-state index contributed by atoms with van der Waals surface area (Å²) in [5.41, 5.74) is 0.400. The Morgan fingerprint density at radius 2 is 1.71 bits per heavy atom. The van der Waals surface area contributed by atoms with Gasteiger partial charge in [-0.15, -0.1) is 0 Å². The molecule has 0 heterocycles. The first-order valence-corrected chi connectivity index (χ1v) is 6.56. The number of rotatable bonds is 4. The Kier molecular flexibility index (Phi) is 4.85. The molecule has 2 aromatic rings. The Hall–Kier alpha value is -1.59. The molecular weight excluding hydrogens is 306 g/mol. The van der Waals surface area contributed by atoms with Crippen LogP contribution in [0.5, 0.6) is 0 Å². The molecule has 1 atom stereocenters. The Morgan fingerprint density at radius 1 is 1.05 bits per heavy atom. The molecule has 6 heteroatoms. The Bertz CT molecular complexity index is 660. The number of nitrogens with one attached hydrogen (secondary N) is 1. The highest BCUT2D eigenvalue weighted by atomic mass is 35.5. The van der Waals surface area contributed by atoms with E-state index in [0.717, 1.165) is 18.2 Å². The fourth-order valence-electron chi connectivity index (χ4n) is 2.10. The van der Waals surface area contributed by atoms with Crippen LogP contribution in [0.3, 0.4) is 0 Å². The predicted molar refractivity (Wildman–Crippen MR) is 73.2 cm³/mol. The summed E-state index contributed by atoms with van der Waals surface area (Å²) in [5, 5.41) is 2.86. The highest BCUT2D eigenvalue weighted by Gasteiger charge is 2.19. The first-order chi connectivity index (χ1) is 9.93. The van der Waals surface area contributed by atoms with E-state index >= 15 is 0 Å². The lowest BCUT2D eigenvalue weighted by molar-refractivity contribution is 0.482. The van der Waals surface area contributed by atoms with Gasteiger partial charge in [-0.2, -0.15) is 0 Å². The smallest absolute Gasteiger partial charge is 0.162 e. The molecule has 1 nitrogen and oxygen atoms in total. The van der Waals surface area contributed by atoms with E-state index < -0.39 is 29.3 Å². The van der Waals surface area contributed by atoms with Crippen molar-refractivity contribution in [3.63, 3.8) is 0 Å². The molecule has 112 valence electrons. The van der Waals surface area contributed by atoms with Crippen LogP contribution in [0.4, 0.5) is 17.6 Å². The molecule has 2 aromatic carbocycles. The molecule has 0 bridgehead atoms. The van der Waals surface area contributed by atoms with Crippen LogP contribution in [-0.2, 0) is 6.42 Å². The first kappa shape index (κ1) is 15.8. The van der Waals surface area contributed by atoms with Crippen LogP contribution in [-0.4, -0.2) is 7.05 Å². The second-order valence-electron chi connectivity index (χ2n) is 4.55. The molecule has 21 heavy (non-hydrogen) atoms. The van der Waals surface area contributed by atoms with Crippen molar-refractivity contribution in [2.75, 3.05) is 7.05 Å². The Morgan fingerprint density at radius 3 is 2.38 bits per heavy atom. The van der Waals surface area contributed by atoms with Gasteiger partial charge in [-0.1, -0.05) is 23.7 Å². The lowest BCUT2D eigenvalue weighted by atomic mass is 9.98. The summed E-state index contributed by atoms with van der Waals surface area (Å²) in [6, 6.07) is 5.06. The Balaban J connectivity index is 2.37. The Labute approximate surface area is 124 Å². The van der Waals surface area contributed by atoms with E-state index in [1.54, 1.807) is 7.05 Å². The molecule has 0 aliphatic carbocycles. The molecule has 0 spiro atoms. The molecule has 1 N–H and O–H groups in total. The summed E-state index contributed by atoms with van der Waals surface area (Å²) in [5.74, 6) is -4.03. The minimum absolute atomic E-state index is 0.0186. The normalized spacial score (nSPS) is 12.5. The van der Waals surface area contributed by atoms with Gasteiger partial charge in [0, 0.05) is 11.1 Å². The largest absolute Gasteiger partial charge is 0.313 e. The maximum absolute atomic E-state index is 13.7. The molecule has 0 fully saturated rings. The summed E-state index contributed by atoms with van der Waals surface area (Å²) in [4.78, 5) is 0. The monoisotopic (exact) mass is 317 g/mol. The standard InChI is InChI=1S/C15H12ClF4N/c1-21-14(5-8-3-2-4-11(17)15(8)20)9-6-12(18)13(19)7-10(9)16/h2-4,6-7,14,21H,5H2,1H3. The van der Waals surface area contributed by atoms with Gasteiger partial charge < -0.3 is 5.32 Å². The van der Waals surface area contributed by atoms with Crippen molar-refractivity contribution in [3.8, 4) is 0 Å². The van der Waals surface area contributed by atoms with Crippen LogP contribution >= 0.6 is 11.6 Å². The van der Waals surface area contributed by atoms with Crippen LogP contribution in [0.25, 0.3) is 0 Å². The summed E-state index contributed by atoms with van der Waals surface area (Å²) >= 11 is 5.90. The van der Waals surface area contributed by atoms with Crippen molar-refractivity contribution in [3.05, 3.63) is 69.8 Å². The van der Waals surface area contributed by atoms with Gasteiger partial charge >= 0.3 is 0 Å². The van der Waals surface area contributed by atoms with Crippen molar-refractivity contribution in [2.45, 2.75) is 12.5 Å². The SMILES string of the molecule is CNC(Cc1cccc(F)c1F)c1cc(F)c(F)cc1Cl. The molecule has 0 saturated carbocycles. The van der Waals surface area contributed by atoms with E-state index in [2.05, 4.69) is 5.32 Å². The molecule has 0 aliphatic heterocycles. The van der Waals surface area contributed by atoms with E-state index in [0.29, 0.717) is 0 Å².